The van der Waals surface area contributed by atoms with Crippen LogP contribution in [0.5, 0.6) is 0 Å². The zero-order chi connectivity index (χ0) is 22.6. The fourth-order valence-corrected chi connectivity index (χ4v) is 2.74. The number of halogens is 5. The van der Waals surface area contributed by atoms with Crippen molar-refractivity contribution < 1.29 is 52.0 Å². The maximum Gasteiger partial charge on any atom is 0.490 e. The standard InChI is InChI=1S/C15H19F2NO4.C2HF3O2/c1-9-4-10(6-11(5-9)13(16)17)7-18-3-2-15(22,14(20)21)12(19)8-18;3-2(4,5)1(6)7/h4-6,12-13,19,22H,2-3,7-8H2,1H3,(H,20,21);(H,6,7)/t12-,15+;/m0./s1. The summed E-state index contributed by atoms with van der Waals surface area (Å²) in [6.45, 7) is 2.27. The molecule has 7 nitrogen and oxygen atoms in total. The molecule has 2 rings (SSSR count). The number of aryl methyl sites for hydroxylation is 1. The number of aliphatic hydroxyl groups excluding tert-OH is 1. The number of hydrogen-bond donors (Lipinski definition) is 4. The van der Waals surface area contributed by atoms with Gasteiger partial charge in [-0.2, -0.15) is 13.2 Å². The van der Waals surface area contributed by atoms with E-state index in [1.165, 1.54) is 12.1 Å². The van der Waals surface area contributed by atoms with E-state index in [0.717, 1.165) is 0 Å². The molecule has 1 aliphatic heterocycles. The molecule has 1 aliphatic rings. The minimum Gasteiger partial charge on any atom is -0.479 e. The molecule has 2 atom stereocenters. The van der Waals surface area contributed by atoms with Crippen LogP contribution in [0.2, 0.25) is 0 Å². The van der Waals surface area contributed by atoms with Gasteiger partial charge in [0.25, 0.3) is 6.43 Å². The van der Waals surface area contributed by atoms with Crippen molar-refractivity contribution in [2.75, 3.05) is 13.1 Å². The molecular formula is C17H20F5NO6. The molecule has 1 fully saturated rings. The third-order valence-corrected chi connectivity index (χ3v) is 4.22. The van der Waals surface area contributed by atoms with E-state index in [9.17, 15) is 37.0 Å². The van der Waals surface area contributed by atoms with Crippen LogP contribution < -0.4 is 0 Å². The summed E-state index contributed by atoms with van der Waals surface area (Å²) in [6, 6.07) is 4.60. The first kappa shape index (κ1) is 24.7. The molecule has 29 heavy (non-hydrogen) atoms. The van der Waals surface area contributed by atoms with Crippen LogP contribution >= 0.6 is 0 Å². The van der Waals surface area contributed by atoms with Gasteiger partial charge in [-0.3, -0.25) is 4.90 Å². The summed E-state index contributed by atoms with van der Waals surface area (Å²) in [5.74, 6) is -4.21. The molecule has 1 saturated heterocycles. The van der Waals surface area contributed by atoms with Crippen LogP contribution in [-0.2, 0) is 16.1 Å². The largest absolute Gasteiger partial charge is 0.490 e. The minimum absolute atomic E-state index is 0.0270. The predicted octanol–water partition coefficient (Wildman–Crippen LogP) is 1.95. The summed E-state index contributed by atoms with van der Waals surface area (Å²) < 4.78 is 57.3. The lowest BCUT2D eigenvalue weighted by Crippen LogP contribution is -2.59. The van der Waals surface area contributed by atoms with Gasteiger partial charge in [-0.1, -0.05) is 17.7 Å². The Labute approximate surface area is 162 Å². The van der Waals surface area contributed by atoms with Crippen LogP contribution in [-0.4, -0.2) is 68.2 Å². The second kappa shape index (κ2) is 9.46. The summed E-state index contributed by atoms with van der Waals surface area (Å²) >= 11 is 0. The molecule has 1 aromatic rings. The molecule has 164 valence electrons. The Kier molecular flexibility index (Phi) is 8.07. The zero-order valence-electron chi connectivity index (χ0n) is 15.2. The zero-order valence-corrected chi connectivity index (χ0v) is 15.2. The van der Waals surface area contributed by atoms with Crippen molar-refractivity contribution >= 4 is 11.9 Å². The number of nitrogens with zero attached hydrogens (tertiary/aromatic N) is 1. The van der Waals surface area contributed by atoms with Crippen molar-refractivity contribution in [1.29, 1.82) is 0 Å². The third-order valence-electron chi connectivity index (χ3n) is 4.22. The van der Waals surface area contributed by atoms with Crippen molar-refractivity contribution in [2.24, 2.45) is 0 Å². The van der Waals surface area contributed by atoms with Crippen molar-refractivity contribution in [3.63, 3.8) is 0 Å². The molecule has 0 saturated carbocycles. The lowest BCUT2D eigenvalue weighted by molar-refractivity contribution is -0.192. The molecule has 0 amide bonds. The van der Waals surface area contributed by atoms with Gasteiger partial charge in [-0.15, -0.1) is 0 Å². The third kappa shape index (κ3) is 6.91. The number of rotatable bonds is 4. The Morgan fingerprint density at radius 3 is 2.21 bits per heavy atom. The number of aliphatic carboxylic acids is 2. The quantitative estimate of drug-likeness (QED) is 0.541. The number of β-amino-alcohol motifs (C(OH)–C–C–N with tert-alkyl or cyclic N) is 1. The van der Waals surface area contributed by atoms with E-state index in [0.29, 0.717) is 17.7 Å². The summed E-state index contributed by atoms with van der Waals surface area (Å²) in [5.41, 5.74) is -0.817. The fourth-order valence-electron chi connectivity index (χ4n) is 2.74. The number of benzene rings is 1. The lowest BCUT2D eigenvalue weighted by Gasteiger charge is -2.39. The number of carboxylic acids is 2. The second-order valence-electron chi connectivity index (χ2n) is 6.59. The van der Waals surface area contributed by atoms with Crippen molar-refractivity contribution in [2.45, 2.75) is 44.2 Å². The highest BCUT2D eigenvalue weighted by Crippen LogP contribution is 2.26. The Hall–Kier alpha value is -2.31. The number of carboxylic acid groups (broad SMARTS) is 2. The van der Waals surface area contributed by atoms with E-state index >= 15 is 0 Å². The van der Waals surface area contributed by atoms with Gasteiger partial charge in [0, 0.05) is 31.6 Å². The fraction of sp³-hybridized carbons (Fsp3) is 0.529. The van der Waals surface area contributed by atoms with Gasteiger partial charge in [0.1, 0.15) is 6.10 Å². The van der Waals surface area contributed by atoms with Gasteiger partial charge < -0.3 is 20.4 Å². The normalized spacial score (nSPS) is 22.7. The molecule has 0 unspecified atom stereocenters. The number of alkyl halides is 5. The van der Waals surface area contributed by atoms with Crippen molar-refractivity contribution in [1.82, 2.24) is 4.90 Å². The highest BCUT2D eigenvalue weighted by atomic mass is 19.4. The van der Waals surface area contributed by atoms with E-state index in [1.807, 2.05) is 0 Å². The van der Waals surface area contributed by atoms with E-state index < -0.39 is 36.2 Å². The van der Waals surface area contributed by atoms with Crippen LogP contribution in [0, 0.1) is 6.92 Å². The van der Waals surface area contributed by atoms with Gasteiger partial charge >= 0.3 is 18.1 Å². The van der Waals surface area contributed by atoms with Crippen LogP contribution in [0.3, 0.4) is 0 Å². The molecule has 1 heterocycles. The summed E-state index contributed by atoms with van der Waals surface area (Å²) in [6.07, 6.45) is -9.17. The maximum absolute atomic E-state index is 12.8. The Bertz CT molecular complexity index is 742. The van der Waals surface area contributed by atoms with Gasteiger partial charge in [0.2, 0.25) is 0 Å². The molecule has 0 aliphatic carbocycles. The molecular weight excluding hydrogens is 409 g/mol. The molecule has 12 heteroatoms. The number of carbonyl (C=O) groups is 2. The lowest BCUT2D eigenvalue weighted by atomic mass is 9.88. The highest BCUT2D eigenvalue weighted by Gasteiger charge is 2.47. The first-order chi connectivity index (χ1) is 13.2. The maximum atomic E-state index is 12.8. The number of piperidine rings is 1. The predicted molar refractivity (Wildman–Crippen MR) is 88.3 cm³/mol. The average Bonchev–Trinajstić information content (AvgIpc) is 2.57. The van der Waals surface area contributed by atoms with E-state index in [2.05, 4.69) is 0 Å². The Morgan fingerprint density at radius 2 is 1.79 bits per heavy atom. The first-order valence-electron chi connectivity index (χ1n) is 8.21. The topological polar surface area (TPSA) is 118 Å². The van der Waals surface area contributed by atoms with Crippen LogP contribution in [0.15, 0.2) is 18.2 Å². The van der Waals surface area contributed by atoms with Crippen molar-refractivity contribution in [3.05, 3.63) is 34.9 Å². The molecule has 4 N–H and O–H groups in total. The SMILES string of the molecule is Cc1cc(CN2CC[C@](O)(C(=O)O)[C@@H](O)C2)cc(C(F)F)c1.O=C(O)C(F)(F)F. The van der Waals surface area contributed by atoms with Gasteiger partial charge in [-0.25, -0.2) is 18.4 Å². The molecule has 0 aromatic heterocycles. The van der Waals surface area contributed by atoms with Crippen LogP contribution in [0.1, 0.15) is 29.5 Å². The first-order valence-corrected chi connectivity index (χ1v) is 8.21. The summed E-state index contributed by atoms with van der Waals surface area (Å²) in [7, 11) is 0. The van der Waals surface area contributed by atoms with Crippen molar-refractivity contribution in [3.8, 4) is 0 Å². The Morgan fingerprint density at radius 1 is 1.24 bits per heavy atom. The number of hydrogen-bond acceptors (Lipinski definition) is 5. The minimum atomic E-state index is -5.08. The molecule has 0 bridgehead atoms. The van der Waals surface area contributed by atoms with E-state index in [-0.39, 0.29) is 25.1 Å². The summed E-state index contributed by atoms with van der Waals surface area (Å²) in [4.78, 5) is 21.6. The molecule has 0 spiro atoms. The smallest absolute Gasteiger partial charge is 0.479 e. The van der Waals surface area contributed by atoms with E-state index in [1.54, 1.807) is 17.9 Å². The average molecular weight is 429 g/mol. The number of likely N-dealkylation sites (tertiary alicyclic amines) is 1. The van der Waals surface area contributed by atoms with Crippen LogP contribution in [0.4, 0.5) is 22.0 Å². The number of aliphatic hydroxyl groups is 2. The van der Waals surface area contributed by atoms with E-state index in [4.69, 9.17) is 15.0 Å². The Balaban J connectivity index is 0.000000516. The van der Waals surface area contributed by atoms with Gasteiger partial charge in [0.15, 0.2) is 5.60 Å². The van der Waals surface area contributed by atoms with Gasteiger partial charge in [0.05, 0.1) is 0 Å². The summed E-state index contributed by atoms with van der Waals surface area (Å²) in [5, 5.41) is 35.8. The molecule has 0 radical (unpaired) electrons. The molecule has 1 aromatic carbocycles. The monoisotopic (exact) mass is 429 g/mol. The highest BCUT2D eigenvalue weighted by molar-refractivity contribution is 5.78. The van der Waals surface area contributed by atoms with Crippen LogP contribution in [0.25, 0.3) is 0 Å². The van der Waals surface area contributed by atoms with Gasteiger partial charge in [-0.05, 0) is 18.6 Å². The second-order valence-corrected chi connectivity index (χ2v) is 6.59.